The van der Waals surface area contributed by atoms with E-state index in [0.29, 0.717) is 53.7 Å². The second kappa shape index (κ2) is 8.89. The Bertz CT molecular complexity index is 905. The van der Waals surface area contributed by atoms with Gasteiger partial charge in [-0.05, 0) is 22.0 Å². The van der Waals surface area contributed by atoms with Gasteiger partial charge in [0, 0.05) is 48.1 Å². The average Bonchev–Trinajstić information content (AvgIpc) is 2.68. The van der Waals surface area contributed by atoms with Gasteiger partial charge in [-0.3, -0.25) is 14.9 Å². The standard InChI is InChI=1S/C18H18BrN3O6/c1-26-5-4-20-14-3-2-11(22(24)25)8-12(14)18(23)21-15-10-17-16(9-13(15)19)27-6-7-28-17/h2-3,8-10,20H,4-7H2,1H3,(H,21,23). The molecule has 9 nitrogen and oxygen atoms in total. The van der Waals surface area contributed by atoms with Crippen LogP contribution in [-0.4, -0.2) is 44.3 Å². The van der Waals surface area contributed by atoms with Crippen LogP contribution in [0.1, 0.15) is 10.4 Å². The normalized spacial score (nSPS) is 12.4. The van der Waals surface area contributed by atoms with Crippen molar-refractivity contribution in [3.05, 3.63) is 50.5 Å². The van der Waals surface area contributed by atoms with Gasteiger partial charge < -0.3 is 24.8 Å². The van der Waals surface area contributed by atoms with Gasteiger partial charge in [0.2, 0.25) is 0 Å². The number of halogens is 1. The molecule has 0 bridgehead atoms. The molecule has 3 rings (SSSR count). The molecule has 10 heteroatoms. The lowest BCUT2D eigenvalue weighted by molar-refractivity contribution is -0.384. The maximum atomic E-state index is 12.9. The van der Waals surface area contributed by atoms with E-state index in [1.165, 1.54) is 18.2 Å². The molecule has 1 aliphatic heterocycles. The largest absolute Gasteiger partial charge is 0.486 e. The highest BCUT2D eigenvalue weighted by molar-refractivity contribution is 9.10. The number of nitrogens with zero attached hydrogens (tertiary/aromatic N) is 1. The van der Waals surface area contributed by atoms with Crippen LogP contribution in [0.25, 0.3) is 0 Å². The third kappa shape index (κ3) is 4.52. The third-order valence-corrected chi connectivity index (χ3v) is 4.62. The number of nitro benzene ring substituents is 1. The molecule has 0 radical (unpaired) electrons. The number of nitro groups is 1. The zero-order valence-electron chi connectivity index (χ0n) is 15.0. The van der Waals surface area contributed by atoms with Crippen molar-refractivity contribution in [3.8, 4) is 11.5 Å². The number of fused-ring (bicyclic) bond motifs is 1. The van der Waals surface area contributed by atoms with Crippen molar-refractivity contribution in [1.82, 2.24) is 0 Å². The summed E-state index contributed by atoms with van der Waals surface area (Å²) in [6, 6.07) is 7.42. The monoisotopic (exact) mass is 451 g/mol. The lowest BCUT2D eigenvalue weighted by atomic mass is 10.1. The van der Waals surface area contributed by atoms with Crippen molar-refractivity contribution in [2.24, 2.45) is 0 Å². The molecule has 0 atom stereocenters. The number of rotatable bonds is 7. The number of anilines is 2. The van der Waals surface area contributed by atoms with E-state index in [1.54, 1.807) is 19.2 Å². The number of hydrogen-bond donors (Lipinski definition) is 2. The molecule has 0 unspecified atom stereocenters. The van der Waals surface area contributed by atoms with Gasteiger partial charge in [-0.15, -0.1) is 0 Å². The summed E-state index contributed by atoms with van der Waals surface area (Å²) < 4.78 is 16.6. The Morgan fingerprint density at radius 1 is 1.21 bits per heavy atom. The summed E-state index contributed by atoms with van der Waals surface area (Å²) in [4.78, 5) is 23.4. The summed E-state index contributed by atoms with van der Waals surface area (Å²) in [6.45, 7) is 1.74. The van der Waals surface area contributed by atoms with E-state index in [2.05, 4.69) is 26.6 Å². The molecule has 2 N–H and O–H groups in total. The molecule has 0 saturated heterocycles. The number of carbonyl (C=O) groups is 1. The second-order valence-electron chi connectivity index (χ2n) is 5.84. The molecular formula is C18H18BrN3O6. The van der Waals surface area contributed by atoms with Gasteiger partial charge in [-0.25, -0.2) is 0 Å². The summed E-state index contributed by atoms with van der Waals surface area (Å²) in [6.07, 6.45) is 0. The van der Waals surface area contributed by atoms with Crippen LogP contribution in [0.3, 0.4) is 0 Å². The Labute approximate surface area is 169 Å². The molecule has 0 aromatic heterocycles. The van der Waals surface area contributed by atoms with Gasteiger partial charge in [0.1, 0.15) is 13.2 Å². The fourth-order valence-electron chi connectivity index (χ4n) is 2.62. The van der Waals surface area contributed by atoms with Gasteiger partial charge in [0.15, 0.2) is 11.5 Å². The van der Waals surface area contributed by atoms with Crippen molar-refractivity contribution >= 4 is 38.9 Å². The second-order valence-corrected chi connectivity index (χ2v) is 6.69. The minimum absolute atomic E-state index is 0.145. The maximum absolute atomic E-state index is 12.9. The smallest absolute Gasteiger partial charge is 0.270 e. The number of ether oxygens (including phenoxy) is 3. The first-order valence-corrected chi connectivity index (χ1v) is 9.20. The van der Waals surface area contributed by atoms with Crippen molar-refractivity contribution < 1.29 is 23.9 Å². The van der Waals surface area contributed by atoms with Gasteiger partial charge in [-0.2, -0.15) is 0 Å². The van der Waals surface area contributed by atoms with E-state index in [1.807, 2.05) is 0 Å². The zero-order valence-corrected chi connectivity index (χ0v) is 16.6. The SMILES string of the molecule is COCCNc1ccc([N+](=O)[O-])cc1C(=O)Nc1cc2c(cc1Br)OCCO2. The summed E-state index contributed by atoms with van der Waals surface area (Å²) in [5, 5.41) is 16.9. The van der Waals surface area contributed by atoms with E-state index in [9.17, 15) is 14.9 Å². The molecule has 1 heterocycles. The summed E-state index contributed by atoms with van der Waals surface area (Å²) in [5.41, 5.74) is 0.896. The highest BCUT2D eigenvalue weighted by Gasteiger charge is 2.20. The Morgan fingerprint density at radius 3 is 2.61 bits per heavy atom. The molecule has 0 fully saturated rings. The quantitative estimate of drug-likeness (QED) is 0.376. The Kier molecular flexibility index (Phi) is 6.32. The first-order valence-electron chi connectivity index (χ1n) is 8.41. The van der Waals surface area contributed by atoms with Gasteiger partial charge in [0.05, 0.1) is 22.8 Å². The first-order chi connectivity index (χ1) is 13.5. The minimum atomic E-state index is -0.546. The summed E-state index contributed by atoms with van der Waals surface area (Å²) >= 11 is 3.39. The van der Waals surface area contributed by atoms with Crippen LogP contribution in [0.2, 0.25) is 0 Å². The molecule has 1 aliphatic rings. The fraction of sp³-hybridized carbons (Fsp3) is 0.278. The summed E-state index contributed by atoms with van der Waals surface area (Å²) in [7, 11) is 1.56. The average molecular weight is 452 g/mol. The van der Waals surface area contributed by atoms with E-state index in [-0.39, 0.29) is 11.3 Å². The topological polar surface area (TPSA) is 112 Å². The summed E-state index contributed by atoms with van der Waals surface area (Å²) in [5.74, 6) is 0.594. The highest BCUT2D eigenvalue weighted by atomic mass is 79.9. The number of methoxy groups -OCH3 is 1. The minimum Gasteiger partial charge on any atom is -0.486 e. The number of amides is 1. The predicted molar refractivity (Wildman–Crippen MR) is 107 cm³/mol. The van der Waals surface area contributed by atoms with Crippen LogP contribution >= 0.6 is 15.9 Å². The molecule has 0 saturated carbocycles. The molecule has 28 heavy (non-hydrogen) atoms. The highest BCUT2D eigenvalue weighted by Crippen LogP contribution is 2.38. The fourth-order valence-corrected chi connectivity index (χ4v) is 3.05. The van der Waals surface area contributed by atoms with Crippen molar-refractivity contribution in [2.45, 2.75) is 0 Å². The number of benzene rings is 2. The number of nitrogens with one attached hydrogen (secondary N) is 2. The van der Waals surface area contributed by atoms with Crippen molar-refractivity contribution in [1.29, 1.82) is 0 Å². The molecule has 148 valence electrons. The van der Waals surface area contributed by atoms with Crippen LogP contribution in [0.5, 0.6) is 11.5 Å². The van der Waals surface area contributed by atoms with E-state index in [4.69, 9.17) is 14.2 Å². The van der Waals surface area contributed by atoms with Gasteiger partial charge >= 0.3 is 0 Å². The molecule has 0 aliphatic carbocycles. The number of hydrogen-bond acceptors (Lipinski definition) is 7. The molecule has 1 amide bonds. The van der Waals surface area contributed by atoms with Crippen LogP contribution in [0.15, 0.2) is 34.8 Å². The predicted octanol–water partition coefficient (Wildman–Crippen LogP) is 3.44. The van der Waals surface area contributed by atoms with Gasteiger partial charge in [-0.1, -0.05) is 0 Å². The van der Waals surface area contributed by atoms with Crippen LogP contribution in [0.4, 0.5) is 17.1 Å². The van der Waals surface area contributed by atoms with Crippen molar-refractivity contribution in [2.75, 3.05) is 44.1 Å². The lowest BCUT2D eigenvalue weighted by Crippen LogP contribution is -2.18. The van der Waals surface area contributed by atoms with Crippen LogP contribution < -0.4 is 20.1 Å². The number of non-ortho nitro benzene ring substituents is 1. The third-order valence-electron chi connectivity index (χ3n) is 3.96. The van der Waals surface area contributed by atoms with Crippen molar-refractivity contribution in [3.63, 3.8) is 0 Å². The molecule has 2 aromatic carbocycles. The maximum Gasteiger partial charge on any atom is 0.270 e. The Balaban J connectivity index is 1.88. The number of carbonyl (C=O) groups excluding carboxylic acids is 1. The lowest BCUT2D eigenvalue weighted by Gasteiger charge is -2.20. The molecular weight excluding hydrogens is 434 g/mol. The Hall–Kier alpha value is -2.85. The van der Waals surface area contributed by atoms with E-state index < -0.39 is 10.8 Å². The van der Waals surface area contributed by atoms with Crippen LogP contribution in [-0.2, 0) is 4.74 Å². The first kappa shape index (κ1) is 19.9. The van der Waals surface area contributed by atoms with E-state index in [0.717, 1.165) is 0 Å². The van der Waals surface area contributed by atoms with Crippen LogP contribution in [0, 0.1) is 10.1 Å². The van der Waals surface area contributed by atoms with Gasteiger partial charge in [0.25, 0.3) is 11.6 Å². The van der Waals surface area contributed by atoms with E-state index >= 15 is 0 Å². The Morgan fingerprint density at radius 2 is 1.93 bits per heavy atom. The zero-order chi connectivity index (χ0) is 20.1. The molecule has 2 aromatic rings. The molecule has 0 spiro atoms.